The van der Waals surface area contributed by atoms with Crippen LogP contribution in [-0.2, 0) is 6.42 Å². The van der Waals surface area contributed by atoms with Gasteiger partial charge >= 0.3 is 0 Å². The molecule has 3 nitrogen and oxygen atoms in total. The number of aromatic hydroxyl groups is 1. The van der Waals surface area contributed by atoms with Crippen molar-refractivity contribution in [3.05, 3.63) is 41.7 Å². The van der Waals surface area contributed by atoms with Gasteiger partial charge < -0.3 is 5.11 Å². The van der Waals surface area contributed by atoms with Gasteiger partial charge in [0.25, 0.3) is 0 Å². The molecule has 0 aliphatic carbocycles. The Morgan fingerprint density at radius 1 is 0.840 bits per heavy atom. The Hall–Kier alpha value is -2.04. The predicted molar refractivity (Wildman–Crippen MR) is 95.4 cm³/mol. The van der Waals surface area contributed by atoms with Crippen LogP contribution in [0.4, 0.5) is 8.78 Å². The minimum absolute atomic E-state index is 0.0473. The smallest absolute Gasteiger partial charge is 0.201 e. The number of aryl methyl sites for hydroxylation is 1. The summed E-state index contributed by atoms with van der Waals surface area (Å²) in [5.41, 5.74) is 0.948. The standard InChI is InChI=1S/C20H26F2N2O/c1-2-3-4-5-6-7-8-9-10-15-13-23-20(24-14-15)16-11-12-17(25)19(22)18(16)21/h11-14,25H,2-10H2,1H3. The normalized spacial score (nSPS) is 11.0. The topological polar surface area (TPSA) is 46.0 Å². The van der Waals surface area contributed by atoms with Crippen LogP contribution in [0.15, 0.2) is 24.5 Å². The SMILES string of the molecule is CCCCCCCCCCc1cnc(-c2ccc(O)c(F)c2F)nc1. The van der Waals surface area contributed by atoms with Crippen molar-refractivity contribution in [2.24, 2.45) is 0 Å². The predicted octanol–water partition coefficient (Wildman–Crippen LogP) is 5.81. The first-order valence-electron chi connectivity index (χ1n) is 9.11. The lowest BCUT2D eigenvalue weighted by Gasteiger charge is -2.06. The molecule has 2 rings (SSSR count). The molecular formula is C20H26F2N2O. The van der Waals surface area contributed by atoms with Crippen molar-refractivity contribution in [3.8, 4) is 17.1 Å². The molecule has 0 fully saturated rings. The average Bonchev–Trinajstić information content (AvgIpc) is 2.63. The molecule has 1 heterocycles. The maximum absolute atomic E-state index is 13.8. The summed E-state index contributed by atoms with van der Waals surface area (Å²) >= 11 is 0. The fraction of sp³-hybridized carbons (Fsp3) is 0.500. The quantitative estimate of drug-likeness (QED) is 0.551. The van der Waals surface area contributed by atoms with Gasteiger partial charge in [-0.15, -0.1) is 0 Å². The lowest BCUT2D eigenvalue weighted by Crippen LogP contribution is -1.97. The number of aromatic nitrogens is 2. The number of phenolic OH excluding ortho intramolecular Hbond substituents is 1. The first-order chi connectivity index (χ1) is 12.1. The zero-order chi connectivity index (χ0) is 18.1. The average molecular weight is 348 g/mol. The summed E-state index contributed by atoms with van der Waals surface area (Å²) in [6, 6.07) is 2.38. The number of unbranched alkanes of at least 4 members (excludes halogenated alkanes) is 7. The molecule has 0 bridgehead atoms. The molecule has 0 aliphatic heterocycles. The third-order valence-corrected chi connectivity index (χ3v) is 4.33. The molecule has 0 spiro atoms. The maximum Gasteiger partial charge on any atom is 0.201 e. The van der Waals surface area contributed by atoms with Gasteiger partial charge in [0.15, 0.2) is 17.4 Å². The molecule has 2 aromatic rings. The van der Waals surface area contributed by atoms with E-state index in [1.807, 2.05) is 0 Å². The van der Waals surface area contributed by atoms with Crippen molar-refractivity contribution in [1.82, 2.24) is 9.97 Å². The first-order valence-corrected chi connectivity index (χ1v) is 9.11. The molecule has 136 valence electrons. The van der Waals surface area contributed by atoms with Gasteiger partial charge in [-0.2, -0.15) is 4.39 Å². The number of hydrogen-bond donors (Lipinski definition) is 1. The van der Waals surface area contributed by atoms with Crippen LogP contribution in [0.3, 0.4) is 0 Å². The molecule has 1 N–H and O–H groups in total. The van der Waals surface area contributed by atoms with E-state index in [9.17, 15) is 8.78 Å². The number of benzene rings is 1. The van der Waals surface area contributed by atoms with Crippen LogP contribution in [0.5, 0.6) is 5.75 Å². The Morgan fingerprint density at radius 3 is 2.08 bits per heavy atom. The number of nitrogens with zero attached hydrogens (tertiary/aromatic N) is 2. The van der Waals surface area contributed by atoms with E-state index in [2.05, 4.69) is 16.9 Å². The van der Waals surface area contributed by atoms with Crippen LogP contribution in [0.25, 0.3) is 11.4 Å². The monoisotopic (exact) mass is 348 g/mol. The Kier molecular flexibility index (Phi) is 7.76. The minimum atomic E-state index is -1.27. The summed E-state index contributed by atoms with van der Waals surface area (Å²) in [4.78, 5) is 8.26. The summed E-state index contributed by atoms with van der Waals surface area (Å²) in [7, 11) is 0. The Bertz CT molecular complexity index is 659. The van der Waals surface area contributed by atoms with Gasteiger partial charge in [-0.25, -0.2) is 14.4 Å². The van der Waals surface area contributed by atoms with E-state index in [-0.39, 0.29) is 11.4 Å². The highest BCUT2D eigenvalue weighted by atomic mass is 19.2. The van der Waals surface area contributed by atoms with Gasteiger partial charge in [0.05, 0.1) is 5.56 Å². The molecule has 1 aromatic carbocycles. The van der Waals surface area contributed by atoms with Gasteiger partial charge in [0.1, 0.15) is 0 Å². The third-order valence-electron chi connectivity index (χ3n) is 4.33. The van der Waals surface area contributed by atoms with E-state index < -0.39 is 17.4 Å². The molecule has 0 unspecified atom stereocenters. The fourth-order valence-electron chi connectivity index (χ4n) is 2.80. The largest absolute Gasteiger partial charge is 0.505 e. The molecule has 5 heteroatoms. The molecule has 1 aromatic heterocycles. The highest BCUT2D eigenvalue weighted by Crippen LogP contribution is 2.26. The summed E-state index contributed by atoms with van der Waals surface area (Å²) in [6.07, 6.45) is 14.3. The first kappa shape index (κ1) is 19.3. The number of phenols is 1. The van der Waals surface area contributed by atoms with Gasteiger partial charge in [0.2, 0.25) is 5.82 Å². The van der Waals surface area contributed by atoms with Crippen LogP contribution in [0, 0.1) is 11.6 Å². The zero-order valence-electron chi connectivity index (χ0n) is 14.8. The van der Waals surface area contributed by atoms with Crippen molar-refractivity contribution < 1.29 is 13.9 Å². The highest BCUT2D eigenvalue weighted by molar-refractivity contribution is 5.57. The van der Waals surface area contributed by atoms with Gasteiger partial charge in [-0.05, 0) is 30.5 Å². The van der Waals surface area contributed by atoms with E-state index in [1.165, 1.54) is 51.0 Å². The van der Waals surface area contributed by atoms with Crippen LogP contribution in [0.1, 0.15) is 63.9 Å². The van der Waals surface area contributed by atoms with Crippen molar-refractivity contribution in [3.63, 3.8) is 0 Å². The van der Waals surface area contributed by atoms with Gasteiger partial charge in [0, 0.05) is 12.4 Å². The maximum atomic E-state index is 13.8. The summed E-state index contributed by atoms with van der Waals surface area (Å²) in [5.74, 6) is -3.00. The lowest BCUT2D eigenvalue weighted by atomic mass is 10.1. The molecule has 25 heavy (non-hydrogen) atoms. The summed E-state index contributed by atoms with van der Waals surface area (Å²) in [5, 5.41) is 9.16. The third kappa shape index (κ3) is 5.76. The van der Waals surface area contributed by atoms with E-state index in [1.54, 1.807) is 12.4 Å². The van der Waals surface area contributed by atoms with Crippen LogP contribution in [0.2, 0.25) is 0 Å². The van der Waals surface area contributed by atoms with E-state index in [4.69, 9.17) is 5.11 Å². The van der Waals surface area contributed by atoms with Crippen molar-refractivity contribution in [2.45, 2.75) is 64.7 Å². The summed E-state index contributed by atoms with van der Waals surface area (Å²) < 4.78 is 27.2. The van der Waals surface area contributed by atoms with Gasteiger partial charge in [-0.3, -0.25) is 0 Å². The Morgan fingerprint density at radius 2 is 1.44 bits per heavy atom. The molecule has 0 saturated heterocycles. The van der Waals surface area contributed by atoms with Crippen molar-refractivity contribution in [2.75, 3.05) is 0 Å². The second kappa shape index (κ2) is 10.1. The van der Waals surface area contributed by atoms with Crippen LogP contribution in [-0.4, -0.2) is 15.1 Å². The fourth-order valence-corrected chi connectivity index (χ4v) is 2.80. The second-order valence-corrected chi connectivity index (χ2v) is 6.40. The highest BCUT2D eigenvalue weighted by Gasteiger charge is 2.15. The molecule has 0 aliphatic rings. The molecule has 0 amide bonds. The molecule has 0 radical (unpaired) electrons. The van der Waals surface area contributed by atoms with E-state index in [0.717, 1.165) is 24.5 Å². The lowest BCUT2D eigenvalue weighted by molar-refractivity contribution is 0.408. The number of halogens is 2. The molecule has 0 atom stereocenters. The van der Waals surface area contributed by atoms with Gasteiger partial charge in [-0.1, -0.05) is 51.9 Å². The van der Waals surface area contributed by atoms with Crippen molar-refractivity contribution in [1.29, 1.82) is 0 Å². The second-order valence-electron chi connectivity index (χ2n) is 6.40. The molecular weight excluding hydrogens is 322 g/mol. The number of hydrogen-bond acceptors (Lipinski definition) is 3. The van der Waals surface area contributed by atoms with E-state index >= 15 is 0 Å². The summed E-state index contributed by atoms with van der Waals surface area (Å²) in [6.45, 7) is 2.22. The Balaban J connectivity index is 1.80. The van der Waals surface area contributed by atoms with E-state index in [0.29, 0.717) is 0 Å². The number of rotatable bonds is 10. The van der Waals surface area contributed by atoms with Crippen LogP contribution >= 0.6 is 0 Å². The zero-order valence-corrected chi connectivity index (χ0v) is 14.8. The van der Waals surface area contributed by atoms with Crippen molar-refractivity contribution >= 4 is 0 Å². The molecule has 0 saturated carbocycles. The van der Waals surface area contributed by atoms with Crippen LogP contribution < -0.4 is 0 Å². The minimum Gasteiger partial charge on any atom is -0.505 e. The Labute approximate surface area is 148 Å².